The van der Waals surface area contributed by atoms with Crippen molar-refractivity contribution < 1.29 is 8.83 Å². The van der Waals surface area contributed by atoms with Crippen LogP contribution >= 0.6 is 0 Å². The fourth-order valence-electron chi connectivity index (χ4n) is 1.03. The maximum absolute atomic E-state index is 5.07. The average Bonchev–Trinajstić information content (AvgIpc) is 3.07. The third kappa shape index (κ3) is 2.78. The summed E-state index contributed by atoms with van der Waals surface area (Å²) in [6, 6.07) is 3.75. The van der Waals surface area contributed by atoms with Crippen LogP contribution in [-0.2, 0) is 0 Å². The molecule has 5 nitrogen and oxygen atoms in total. The molecule has 5 heteroatoms. The summed E-state index contributed by atoms with van der Waals surface area (Å²) < 4.78 is 9.54. The number of hydrogen-bond donors (Lipinski definition) is 0. The summed E-state index contributed by atoms with van der Waals surface area (Å²) in [6.45, 7) is 0. The lowest BCUT2D eigenvalue weighted by molar-refractivity contribution is 0.558. The first-order valence-corrected chi connectivity index (χ1v) is 4.59. The van der Waals surface area contributed by atoms with Crippen molar-refractivity contribution >= 4 is 0 Å². The fraction of sp³-hybridized carbons (Fsp3) is 0. The van der Waals surface area contributed by atoms with Gasteiger partial charge in [0.2, 0.25) is 5.89 Å². The normalized spacial score (nSPS) is 9.25. The summed E-state index contributed by atoms with van der Waals surface area (Å²) in [5, 5.41) is 0. The van der Waals surface area contributed by atoms with Crippen LogP contribution in [0.1, 0.15) is 0 Å². The van der Waals surface area contributed by atoms with Gasteiger partial charge in [0.1, 0.15) is 12.5 Å². The summed E-state index contributed by atoms with van der Waals surface area (Å²) in [6.07, 6.45) is 11.1. The van der Waals surface area contributed by atoms with Crippen molar-refractivity contribution in [2.24, 2.45) is 0 Å². The number of nitrogens with zero attached hydrogens (tertiary/aromatic N) is 3. The van der Waals surface area contributed by atoms with Crippen molar-refractivity contribution in [1.29, 1.82) is 0 Å². The lowest BCUT2D eigenvalue weighted by Crippen LogP contribution is -1.76. The third-order valence-corrected chi connectivity index (χ3v) is 1.69. The molecule has 0 aromatic carbocycles. The molecule has 80 valence electrons. The highest BCUT2D eigenvalue weighted by molar-refractivity contribution is 5.50. The summed E-state index contributed by atoms with van der Waals surface area (Å²) in [5.41, 5.74) is 0.900. The summed E-state index contributed by atoms with van der Waals surface area (Å²) in [4.78, 5) is 11.5. The molecule has 3 heterocycles. The minimum absolute atomic E-state index is 0.609. The zero-order valence-corrected chi connectivity index (χ0v) is 8.35. The van der Waals surface area contributed by atoms with Gasteiger partial charge in [0.15, 0.2) is 6.39 Å². The van der Waals surface area contributed by atoms with Gasteiger partial charge in [0.25, 0.3) is 0 Å². The maximum Gasteiger partial charge on any atom is 0.227 e. The van der Waals surface area contributed by atoms with Gasteiger partial charge in [-0.15, -0.1) is 0 Å². The van der Waals surface area contributed by atoms with E-state index in [1.807, 2.05) is 12.1 Å². The molecule has 0 saturated heterocycles. The molecule has 3 rings (SSSR count). The van der Waals surface area contributed by atoms with Gasteiger partial charge in [-0.3, -0.25) is 4.98 Å². The lowest BCUT2D eigenvalue weighted by atomic mass is 10.3. The first-order chi connectivity index (χ1) is 7.97. The molecule has 16 heavy (non-hydrogen) atoms. The van der Waals surface area contributed by atoms with Gasteiger partial charge >= 0.3 is 0 Å². The molecule has 3 aromatic rings. The minimum atomic E-state index is 0.609. The van der Waals surface area contributed by atoms with Crippen LogP contribution in [0.25, 0.3) is 11.5 Å². The molecule has 0 unspecified atom stereocenters. The molecular weight excluding hydrogens is 206 g/mol. The van der Waals surface area contributed by atoms with Crippen molar-refractivity contribution in [2.45, 2.75) is 0 Å². The second kappa shape index (κ2) is 5.45. The maximum atomic E-state index is 5.07. The zero-order valence-electron chi connectivity index (χ0n) is 8.35. The van der Waals surface area contributed by atoms with E-state index in [9.17, 15) is 0 Å². The standard InChI is InChI=1S/C8H6N2O.C3H3NO/c1-2-7(6-9-3-1)8-10-4-5-11-8;1-2-5-3-4-1/h1-6H;1-3H. The van der Waals surface area contributed by atoms with Crippen LogP contribution in [0.5, 0.6) is 0 Å². The van der Waals surface area contributed by atoms with E-state index in [0.29, 0.717) is 5.89 Å². The predicted molar refractivity (Wildman–Crippen MR) is 56.2 cm³/mol. The molecule has 0 amide bonds. The molecule has 0 atom stereocenters. The van der Waals surface area contributed by atoms with Gasteiger partial charge in [-0.1, -0.05) is 0 Å². The Morgan fingerprint density at radius 2 is 2.00 bits per heavy atom. The summed E-state index contributed by atoms with van der Waals surface area (Å²) in [7, 11) is 0. The van der Waals surface area contributed by atoms with Crippen LogP contribution in [-0.4, -0.2) is 15.0 Å². The number of pyridine rings is 1. The molecule has 0 fully saturated rings. The van der Waals surface area contributed by atoms with Crippen molar-refractivity contribution in [1.82, 2.24) is 15.0 Å². The topological polar surface area (TPSA) is 65.0 Å². The first kappa shape index (κ1) is 10.1. The Morgan fingerprint density at radius 3 is 2.50 bits per heavy atom. The van der Waals surface area contributed by atoms with E-state index in [0.717, 1.165) is 5.56 Å². The van der Waals surface area contributed by atoms with Gasteiger partial charge in [-0.25, -0.2) is 9.97 Å². The molecule has 3 aromatic heterocycles. The Labute approximate surface area is 91.8 Å². The van der Waals surface area contributed by atoms with E-state index in [2.05, 4.69) is 19.4 Å². The highest BCUT2D eigenvalue weighted by Crippen LogP contribution is 2.13. The highest BCUT2D eigenvalue weighted by atomic mass is 16.3. The summed E-state index contributed by atoms with van der Waals surface area (Å²) >= 11 is 0. The van der Waals surface area contributed by atoms with Crippen molar-refractivity contribution in [3.8, 4) is 11.5 Å². The van der Waals surface area contributed by atoms with Crippen molar-refractivity contribution in [2.75, 3.05) is 0 Å². The van der Waals surface area contributed by atoms with E-state index in [4.69, 9.17) is 4.42 Å². The van der Waals surface area contributed by atoms with Gasteiger partial charge in [0, 0.05) is 12.4 Å². The van der Waals surface area contributed by atoms with Gasteiger partial charge in [-0.05, 0) is 12.1 Å². The SMILES string of the molecule is c1cncc(-c2ncco2)c1.c1cocn1. The van der Waals surface area contributed by atoms with Crippen LogP contribution in [0.15, 0.2) is 64.7 Å². The third-order valence-electron chi connectivity index (χ3n) is 1.69. The van der Waals surface area contributed by atoms with E-state index in [-0.39, 0.29) is 0 Å². The second-order valence-electron chi connectivity index (χ2n) is 2.75. The van der Waals surface area contributed by atoms with E-state index in [1.54, 1.807) is 31.1 Å². The fourth-order valence-corrected chi connectivity index (χ4v) is 1.03. The Balaban J connectivity index is 0.000000162. The van der Waals surface area contributed by atoms with Crippen molar-refractivity contribution in [3.63, 3.8) is 0 Å². The molecular formula is C11H9N3O2. The number of oxazole rings is 2. The van der Waals surface area contributed by atoms with Crippen LogP contribution in [0.2, 0.25) is 0 Å². The molecule has 0 saturated carbocycles. The quantitative estimate of drug-likeness (QED) is 0.623. The smallest absolute Gasteiger partial charge is 0.227 e. The van der Waals surface area contributed by atoms with E-state index >= 15 is 0 Å². The largest absolute Gasteiger partial charge is 0.452 e. The monoisotopic (exact) mass is 215 g/mol. The average molecular weight is 215 g/mol. The van der Waals surface area contributed by atoms with Crippen LogP contribution in [0, 0.1) is 0 Å². The Hall–Kier alpha value is -2.43. The molecule has 0 aliphatic carbocycles. The molecule has 0 radical (unpaired) electrons. The molecule has 0 aliphatic heterocycles. The van der Waals surface area contributed by atoms with Gasteiger partial charge < -0.3 is 8.83 Å². The van der Waals surface area contributed by atoms with Crippen LogP contribution in [0.3, 0.4) is 0 Å². The molecule has 0 aliphatic rings. The lowest BCUT2D eigenvalue weighted by Gasteiger charge is -1.90. The predicted octanol–water partition coefficient (Wildman–Crippen LogP) is 2.41. The summed E-state index contributed by atoms with van der Waals surface area (Å²) in [5.74, 6) is 0.609. The molecule has 0 bridgehead atoms. The molecule has 0 spiro atoms. The van der Waals surface area contributed by atoms with E-state index in [1.165, 1.54) is 12.7 Å². The highest BCUT2D eigenvalue weighted by Gasteiger charge is 1.98. The first-order valence-electron chi connectivity index (χ1n) is 4.59. The zero-order chi connectivity index (χ0) is 11.1. The Bertz CT molecular complexity index is 460. The van der Waals surface area contributed by atoms with Gasteiger partial charge in [0.05, 0.1) is 18.0 Å². The Morgan fingerprint density at radius 1 is 1.00 bits per heavy atom. The number of aromatic nitrogens is 3. The Kier molecular flexibility index (Phi) is 3.44. The van der Waals surface area contributed by atoms with E-state index < -0.39 is 0 Å². The van der Waals surface area contributed by atoms with Crippen molar-refractivity contribution in [3.05, 3.63) is 55.8 Å². The van der Waals surface area contributed by atoms with Gasteiger partial charge in [-0.2, -0.15) is 0 Å². The number of hydrogen-bond acceptors (Lipinski definition) is 5. The minimum Gasteiger partial charge on any atom is -0.452 e. The second-order valence-corrected chi connectivity index (χ2v) is 2.75. The number of rotatable bonds is 1. The molecule has 0 N–H and O–H groups in total. The van der Waals surface area contributed by atoms with Crippen LogP contribution in [0.4, 0.5) is 0 Å². The van der Waals surface area contributed by atoms with Crippen LogP contribution < -0.4 is 0 Å².